The molecular formula is C15H11BrN2O3. The van der Waals surface area contributed by atoms with E-state index in [1.807, 2.05) is 12.1 Å². The molecule has 2 aromatic carbocycles. The number of carbonyl (C=O) groups excluding carboxylic acids is 2. The molecule has 3 rings (SSSR count). The highest BCUT2D eigenvalue weighted by molar-refractivity contribution is 9.10. The lowest BCUT2D eigenvalue weighted by Crippen LogP contribution is -2.27. The predicted octanol–water partition coefficient (Wildman–Crippen LogP) is 3.03. The van der Waals surface area contributed by atoms with Gasteiger partial charge in [-0.3, -0.25) is 9.59 Å². The van der Waals surface area contributed by atoms with Crippen molar-refractivity contribution in [2.24, 2.45) is 0 Å². The first-order valence-corrected chi connectivity index (χ1v) is 7.05. The zero-order chi connectivity index (χ0) is 14.8. The van der Waals surface area contributed by atoms with Crippen LogP contribution >= 0.6 is 15.9 Å². The van der Waals surface area contributed by atoms with Gasteiger partial charge in [0.1, 0.15) is 5.75 Å². The fraction of sp³-hybridized carbons (Fsp3) is 0.0667. The van der Waals surface area contributed by atoms with E-state index in [-0.39, 0.29) is 18.4 Å². The van der Waals surface area contributed by atoms with E-state index < -0.39 is 0 Å². The minimum absolute atomic E-state index is 0.0380. The summed E-state index contributed by atoms with van der Waals surface area (Å²) in [5.41, 5.74) is 1.43. The van der Waals surface area contributed by atoms with Gasteiger partial charge >= 0.3 is 0 Å². The van der Waals surface area contributed by atoms with E-state index in [2.05, 4.69) is 26.6 Å². The summed E-state index contributed by atoms with van der Waals surface area (Å²) in [6.45, 7) is -0.0380. The van der Waals surface area contributed by atoms with Gasteiger partial charge < -0.3 is 15.4 Å². The number of para-hydroxylation sites is 1. The molecule has 6 heteroatoms. The number of nitrogens with one attached hydrogen (secondary N) is 2. The Bertz CT molecular complexity index is 731. The summed E-state index contributed by atoms with van der Waals surface area (Å²) in [7, 11) is 0. The number of benzene rings is 2. The van der Waals surface area contributed by atoms with Crippen LogP contribution in [0.5, 0.6) is 5.75 Å². The standard InChI is InChI=1S/C15H11BrN2O3/c16-9-3-1-4-10(7-9)17-15(20)11-5-2-6-12-14(11)18-13(19)8-21-12/h1-7H,8H2,(H,17,20)(H,18,19). The highest BCUT2D eigenvalue weighted by Gasteiger charge is 2.22. The predicted molar refractivity (Wildman–Crippen MR) is 82.7 cm³/mol. The van der Waals surface area contributed by atoms with E-state index in [1.165, 1.54) is 0 Å². The van der Waals surface area contributed by atoms with E-state index in [1.54, 1.807) is 30.3 Å². The summed E-state index contributed by atoms with van der Waals surface area (Å²) in [5, 5.41) is 5.46. The van der Waals surface area contributed by atoms with Crippen LogP contribution in [0.15, 0.2) is 46.9 Å². The lowest BCUT2D eigenvalue weighted by Gasteiger charge is -2.20. The fourth-order valence-electron chi connectivity index (χ4n) is 2.05. The lowest BCUT2D eigenvalue weighted by molar-refractivity contribution is -0.118. The minimum atomic E-state index is -0.309. The maximum atomic E-state index is 12.4. The Morgan fingerprint density at radius 3 is 2.86 bits per heavy atom. The second-order valence-electron chi connectivity index (χ2n) is 4.48. The Labute approximate surface area is 129 Å². The molecule has 2 amide bonds. The summed E-state index contributed by atoms with van der Waals surface area (Å²) in [5.74, 6) is -0.0857. The van der Waals surface area contributed by atoms with E-state index in [0.29, 0.717) is 22.7 Å². The average molecular weight is 347 g/mol. The van der Waals surface area contributed by atoms with Crippen LogP contribution in [0.1, 0.15) is 10.4 Å². The van der Waals surface area contributed by atoms with Crippen LogP contribution in [-0.4, -0.2) is 18.4 Å². The third-order valence-corrected chi connectivity index (χ3v) is 3.47. The number of anilines is 2. The maximum absolute atomic E-state index is 12.4. The minimum Gasteiger partial charge on any atom is -0.482 e. The van der Waals surface area contributed by atoms with Crippen molar-refractivity contribution >= 4 is 39.1 Å². The van der Waals surface area contributed by atoms with Gasteiger partial charge in [0.05, 0.1) is 11.3 Å². The molecule has 0 spiro atoms. The monoisotopic (exact) mass is 346 g/mol. The van der Waals surface area contributed by atoms with Crippen molar-refractivity contribution in [2.75, 3.05) is 17.2 Å². The van der Waals surface area contributed by atoms with Crippen LogP contribution in [0.4, 0.5) is 11.4 Å². The first kappa shape index (κ1) is 13.6. The molecule has 2 N–H and O–H groups in total. The number of carbonyl (C=O) groups is 2. The van der Waals surface area contributed by atoms with Crippen LogP contribution in [0.25, 0.3) is 0 Å². The largest absolute Gasteiger partial charge is 0.482 e. The summed E-state index contributed by atoms with van der Waals surface area (Å²) in [6, 6.07) is 12.3. The molecule has 0 radical (unpaired) electrons. The van der Waals surface area contributed by atoms with Gasteiger partial charge in [0, 0.05) is 10.2 Å². The van der Waals surface area contributed by atoms with Crippen molar-refractivity contribution in [3.8, 4) is 5.75 Å². The van der Waals surface area contributed by atoms with Crippen molar-refractivity contribution < 1.29 is 14.3 Å². The molecule has 1 heterocycles. The topological polar surface area (TPSA) is 67.4 Å². The zero-order valence-electron chi connectivity index (χ0n) is 10.9. The number of hydrogen-bond acceptors (Lipinski definition) is 3. The van der Waals surface area contributed by atoms with Crippen LogP contribution in [0.3, 0.4) is 0 Å². The Balaban J connectivity index is 1.90. The summed E-state index contributed by atoms with van der Waals surface area (Å²) < 4.78 is 6.16. The molecule has 0 atom stereocenters. The molecule has 2 aromatic rings. The van der Waals surface area contributed by atoms with Crippen molar-refractivity contribution in [1.82, 2.24) is 0 Å². The molecule has 0 saturated carbocycles. The van der Waals surface area contributed by atoms with E-state index in [4.69, 9.17) is 4.74 Å². The summed E-state index contributed by atoms with van der Waals surface area (Å²) in [4.78, 5) is 23.8. The molecule has 0 saturated heterocycles. The number of amides is 2. The van der Waals surface area contributed by atoms with Gasteiger partial charge in [-0.2, -0.15) is 0 Å². The number of rotatable bonds is 2. The fourth-order valence-corrected chi connectivity index (χ4v) is 2.45. The van der Waals surface area contributed by atoms with Crippen molar-refractivity contribution in [1.29, 1.82) is 0 Å². The summed E-state index contributed by atoms with van der Waals surface area (Å²) in [6.07, 6.45) is 0. The molecule has 5 nitrogen and oxygen atoms in total. The van der Waals surface area contributed by atoms with Gasteiger partial charge in [-0.1, -0.05) is 28.1 Å². The smallest absolute Gasteiger partial charge is 0.262 e. The Hall–Kier alpha value is -2.34. The zero-order valence-corrected chi connectivity index (χ0v) is 12.4. The molecule has 1 aliphatic rings. The van der Waals surface area contributed by atoms with Crippen LogP contribution in [0, 0.1) is 0 Å². The van der Waals surface area contributed by atoms with Gasteiger partial charge in [0.25, 0.3) is 11.8 Å². The number of fused-ring (bicyclic) bond motifs is 1. The van der Waals surface area contributed by atoms with E-state index in [0.717, 1.165) is 4.47 Å². The molecule has 1 aliphatic heterocycles. The van der Waals surface area contributed by atoms with E-state index in [9.17, 15) is 9.59 Å². The van der Waals surface area contributed by atoms with Gasteiger partial charge in [-0.25, -0.2) is 0 Å². The van der Waals surface area contributed by atoms with Gasteiger partial charge in [-0.05, 0) is 30.3 Å². The van der Waals surface area contributed by atoms with Gasteiger partial charge in [0.2, 0.25) is 0 Å². The van der Waals surface area contributed by atoms with Crippen molar-refractivity contribution in [2.45, 2.75) is 0 Å². The number of ether oxygens (including phenoxy) is 1. The molecule has 0 unspecified atom stereocenters. The molecule has 106 valence electrons. The Morgan fingerprint density at radius 1 is 1.24 bits per heavy atom. The lowest BCUT2D eigenvalue weighted by atomic mass is 10.1. The second-order valence-corrected chi connectivity index (χ2v) is 5.40. The third-order valence-electron chi connectivity index (χ3n) is 2.98. The first-order valence-electron chi connectivity index (χ1n) is 6.26. The van der Waals surface area contributed by atoms with Crippen molar-refractivity contribution in [3.63, 3.8) is 0 Å². The van der Waals surface area contributed by atoms with E-state index >= 15 is 0 Å². The first-order chi connectivity index (χ1) is 10.1. The number of halogens is 1. The quantitative estimate of drug-likeness (QED) is 0.878. The van der Waals surface area contributed by atoms with Crippen LogP contribution in [0.2, 0.25) is 0 Å². The molecule has 21 heavy (non-hydrogen) atoms. The van der Waals surface area contributed by atoms with Crippen LogP contribution < -0.4 is 15.4 Å². The normalized spacial score (nSPS) is 12.9. The SMILES string of the molecule is O=C1COc2cccc(C(=O)Nc3cccc(Br)c3)c2N1. The van der Waals surface area contributed by atoms with Gasteiger partial charge in [0.15, 0.2) is 6.61 Å². The summed E-state index contributed by atoms with van der Waals surface area (Å²) >= 11 is 3.35. The second kappa shape index (κ2) is 5.57. The maximum Gasteiger partial charge on any atom is 0.262 e. The number of hydrogen-bond donors (Lipinski definition) is 2. The average Bonchev–Trinajstić information content (AvgIpc) is 2.46. The molecular weight excluding hydrogens is 336 g/mol. The molecule has 0 aliphatic carbocycles. The molecule has 0 bridgehead atoms. The molecule has 0 fully saturated rings. The van der Waals surface area contributed by atoms with Crippen LogP contribution in [-0.2, 0) is 4.79 Å². The van der Waals surface area contributed by atoms with Crippen molar-refractivity contribution in [3.05, 3.63) is 52.5 Å². The Kier molecular flexibility index (Phi) is 3.62. The highest BCUT2D eigenvalue weighted by Crippen LogP contribution is 2.31. The van der Waals surface area contributed by atoms with Gasteiger partial charge in [-0.15, -0.1) is 0 Å². The third kappa shape index (κ3) is 2.90. The molecule has 0 aromatic heterocycles. The highest BCUT2D eigenvalue weighted by atomic mass is 79.9. The Morgan fingerprint density at radius 2 is 2.05 bits per heavy atom.